The lowest BCUT2D eigenvalue weighted by Crippen LogP contribution is -2.53. The number of benzene rings is 6. The lowest BCUT2D eigenvalue weighted by Gasteiger charge is -2.34. The highest BCUT2D eigenvalue weighted by Crippen LogP contribution is 2.50. The summed E-state index contributed by atoms with van der Waals surface area (Å²) in [5, 5.41) is 10.8. The zero-order chi connectivity index (χ0) is 96.3. The number of allylic oxidation sites excluding steroid dienone is 2. The van der Waals surface area contributed by atoms with Crippen molar-refractivity contribution in [3.8, 4) is 0 Å². The normalized spacial score (nSPS) is 21.6. The van der Waals surface area contributed by atoms with Crippen molar-refractivity contribution in [3.63, 3.8) is 0 Å². The molecule has 6 aromatic rings. The first-order valence-corrected chi connectivity index (χ1v) is 48.3. The molecule has 0 aromatic heterocycles. The number of likely N-dealkylation sites (tertiary alicyclic amines) is 4. The lowest BCUT2D eigenvalue weighted by atomic mass is 9.87. The first kappa shape index (κ1) is 99.5. The molecule has 8 amide bonds. The van der Waals surface area contributed by atoms with E-state index in [4.69, 9.17) is 28.9 Å². The molecule has 0 saturated carbocycles. The fourth-order valence-electron chi connectivity index (χ4n) is 20.7. The number of methoxy groups -OCH3 is 4. The van der Waals surface area contributed by atoms with Crippen LogP contribution >= 0.6 is 0 Å². The van der Waals surface area contributed by atoms with Crippen LogP contribution < -0.4 is 31.1 Å². The van der Waals surface area contributed by atoms with E-state index in [-0.39, 0.29) is 119 Å². The van der Waals surface area contributed by atoms with Gasteiger partial charge in [-0.15, -0.1) is 0 Å². The predicted molar refractivity (Wildman–Crippen MR) is 524 cm³/mol. The highest BCUT2D eigenvalue weighted by Gasteiger charge is 2.46. The van der Waals surface area contributed by atoms with Gasteiger partial charge in [0, 0.05) is 74.7 Å². The summed E-state index contributed by atoms with van der Waals surface area (Å²) < 4.78 is 19.2. The molecule has 0 radical (unpaired) electrons. The van der Waals surface area contributed by atoms with Gasteiger partial charge in [-0.2, -0.15) is 0 Å². The third-order valence-corrected chi connectivity index (χ3v) is 28.3. The van der Waals surface area contributed by atoms with Crippen LogP contribution in [0.5, 0.6) is 0 Å². The van der Waals surface area contributed by atoms with Gasteiger partial charge in [-0.3, -0.25) is 38.8 Å². The summed E-state index contributed by atoms with van der Waals surface area (Å²) >= 11 is 0. The first-order valence-electron chi connectivity index (χ1n) is 48.3. The smallest absolute Gasteiger partial charge is 0.407 e. The minimum absolute atomic E-state index is 0.000186. The van der Waals surface area contributed by atoms with Gasteiger partial charge in [0.05, 0.1) is 88.2 Å². The number of rotatable bonds is 28. The maximum Gasteiger partial charge on any atom is 0.407 e. The van der Waals surface area contributed by atoms with E-state index in [9.17, 15) is 47.9 Å². The lowest BCUT2D eigenvalue weighted by molar-refractivity contribution is -0.140. The SMILES string of the molecule is COC(=O)N[C@H](C(=O)N1CCC[C@H]1C(=O)Cc1ccc([C@@H]2CC[C@@H](c3ccc(C4=CCC([C@@H]5CCCN5C(=O)[C@@H](NC(=O)OC)C(C)C)=N4)cc3)N2c2ccc(C(C)(C)C)cc2)cc1)C(C)C.COC(=O)N[C@H](C(=O)N1CCC[C@H]1C(=O)Cc1ccc([C@H]2CC[C@H](c3ccc(C4=CCC([C@@H]5CCCN5C(=O)[C@@H](NC(=O)OC)C(C)C)=N4)cc3)N2c2ccc(C(C)(C)C)cc2)cc1)C(C)C. The Hall–Kier alpha value is -12.0. The van der Waals surface area contributed by atoms with Crippen LogP contribution in [0, 0.1) is 23.7 Å². The second-order valence-corrected chi connectivity index (χ2v) is 40.6. The summed E-state index contributed by atoms with van der Waals surface area (Å²) in [6, 6.07) is 48.6. The number of ether oxygens (including phenoxy) is 4. The van der Waals surface area contributed by atoms with E-state index in [1.54, 1.807) is 9.80 Å². The molecule has 14 rings (SSSR count). The molecule has 8 aliphatic heterocycles. The first-order chi connectivity index (χ1) is 64.0. The largest absolute Gasteiger partial charge is 0.453 e. The summed E-state index contributed by atoms with van der Waals surface area (Å²) in [5.74, 6) is -1.23. The second kappa shape index (κ2) is 43.6. The Balaban J connectivity index is 0.000000227. The molecule has 0 aliphatic carbocycles. The number of anilines is 2. The van der Waals surface area contributed by atoms with Crippen LogP contribution in [0.3, 0.4) is 0 Å². The van der Waals surface area contributed by atoms with Crippen LogP contribution in [-0.4, -0.2) is 194 Å². The molecular weight excluding hydrogens is 1690 g/mol. The Labute approximate surface area is 791 Å². The number of ketones is 2. The van der Waals surface area contributed by atoms with Crippen molar-refractivity contribution < 1.29 is 66.9 Å². The van der Waals surface area contributed by atoms with Crippen molar-refractivity contribution in [3.05, 3.63) is 213 Å². The minimum atomic E-state index is -0.773. The summed E-state index contributed by atoms with van der Waals surface area (Å²) in [6.07, 6.45) is 13.4. The summed E-state index contributed by atoms with van der Waals surface area (Å²) in [4.78, 5) is 153. The molecular formula is C108H140N12O14. The van der Waals surface area contributed by atoms with Crippen molar-refractivity contribution in [1.82, 2.24) is 40.9 Å². The average Bonchev–Trinajstić information content (AvgIpc) is 1.60. The molecule has 8 aliphatic rings. The molecule has 6 saturated heterocycles. The number of hydrogen-bond acceptors (Lipinski definition) is 18. The molecule has 12 atom stereocenters. The molecule has 26 heteroatoms. The Bertz CT molecular complexity index is 4990. The van der Waals surface area contributed by atoms with Crippen LogP contribution in [0.1, 0.15) is 267 Å². The van der Waals surface area contributed by atoms with Crippen LogP contribution in [-0.2, 0) is 71.4 Å². The third-order valence-electron chi connectivity index (χ3n) is 28.3. The highest BCUT2D eigenvalue weighted by molar-refractivity contribution is 6.04. The molecule has 134 heavy (non-hydrogen) atoms. The molecule has 6 fully saturated rings. The van der Waals surface area contributed by atoms with Gasteiger partial charge in [0.25, 0.3) is 0 Å². The van der Waals surface area contributed by atoms with Crippen molar-refractivity contribution in [2.45, 2.75) is 283 Å². The van der Waals surface area contributed by atoms with E-state index in [2.05, 4.69) is 230 Å². The van der Waals surface area contributed by atoms with E-state index >= 15 is 0 Å². The Morgan fingerprint density at radius 1 is 0.336 bits per heavy atom. The van der Waals surface area contributed by atoms with Crippen molar-refractivity contribution in [1.29, 1.82) is 0 Å². The topological polar surface area (TPSA) is 300 Å². The second-order valence-electron chi connectivity index (χ2n) is 40.6. The number of hydrogen-bond donors (Lipinski definition) is 4. The van der Waals surface area contributed by atoms with E-state index in [1.807, 2.05) is 65.2 Å². The van der Waals surface area contributed by atoms with Gasteiger partial charge in [0.15, 0.2) is 11.6 Å². The molecule has 716 valence electrons. The van der Waals surface area contributed by atoms with E-state index in [0.29, 0.717) is 51.9 Å². The summed E-state index contributed by atoms with van der Waals surface area (Å²) in [6.45, 7) is 30.8. The monoisotopic (exact) mass is 1830 g/mol. The number of aliphatic imine (C=N–C) groups is 2. The van der Waals surface area contributed by atoms with E-state index in [1.165, 1.54) is 61.8 Å². The molecule has 8 heterocycles. The maximum atomic E-state index is 13.8. The van der Waals surface area contributed by atoms with Gasteiger partial charge >= 0.3 is 24.4 Å². The predicted octanol–water partition coefficient (Wildman–Crippen LogP) is 18.2. The van der Waals surface area contributed by atoms with Crippen molar-refractivity contribution in [2.75, 3.05) is 64.4 Å². The zero-order valence-corrected chi connectivity index (χ0v) is 81.7. The van der Waals surface area contributed by atoms with E-state index < -0.39 is 60.6 Å². The molecule has 26 nitrogen and oxygen atoms in total. The molecule has 0 bridgehead atoms. The third kappa shape index (κ3) is 23.0. The number of amides is 8. The van der Waals surface area contributed by atoms with Crippen LogP contribution in [0.25, 0.3) is 11.4 Å². The summed E-state index contributed by atoms with van der Waals surface area (Å²) in [7, 11) is 5.15. The quantitative estimate of drug-likeness (QED) is 0.0332. The Morgan fingerprint density at radius 2 is 0.597 bits per heavy atom. The van der Waals surface area contributed by atoms with Gasteiger partial charge in [-0.1, -0.05) is 230 Å². The van der Waals surface area contributed by atoms with Crippen LogP contribution in [0.2, 0.25) is 0 Å². The maximum absolute atomic E-state index is 13.8. The molecule has 4 N–H and O–H groups in total. The minimum Gasteiger partial charge on any atom is -0.453 e. The highest BCUT2D eigenvalue weighted by atomic mass is 16.6. The average molecular weight is 1830 g/mol. The van der Waals surface area contributed by atoms with Gasteiger partial charge in [-0.25, -0.2) is 19.2 Å². The van der Waals surface area contributed by atoms with Crippen molar-refractivity contribution >= 4 is 93.8 Å². The standard InChI is InChI=1S/2C54H70N6O7/c2*1-33(2)48(56-52(64)66-8)50(62)58-30-10-12-45(58)42-27-26-41(55-42)36-18-20-38(21-19-36)44-29-28-43(60(44)40-24-22-39(23-25-40)54(5,6)7)37-16-14-35(15-17-37)32-47(61)46-13-11-31-59(46)51(63)49(34(3)4)57-53(65)67-9/h2*14-26,33-34,43-46,48-49H,10-13,27-32H2,1-9H3,(H,56,64)(H,57,65)/t43-,44-,45+,46+,48+,49+;43-,44-,45-,46-,48-,49-/m10/s1. The van der Waals surface area contributed by atoms with Crippen LogP contribution in [0.4, 0.5) is 30.6 Å². The van der Waals surface area contributed by atoms with Gasteiger partial charge < -0.3 is 69.6 Å². The number of alkyl carbamates (subject to hydrolysis) is 4. The van der Waals surface area contributed by atoms with E-state index in [0.717, 1.165) is 121 Å². The fourth-order valence-corrected chi connectivity index (χ4v) is 20.7. The summed E-state index contributed by atoms with van der Waals surface area (Å²) in [5.41, 5.74) is 17.3. The number of nitrogens with one attached hydrogen (secondary N) is 4. The van der Waals surface area contributed by atoms with Gasteiger partial charge in [-0.05, 0) is 191 Å². The van der Waals surface area contributed by atoms with Crippen LogP contribution in [0.15, 0.2) is 168 Å². The number of nitrogens with zero attached hydrogens (tertiary/aromatic N) is 8. The fraction of sp³-hybridized carbons (Fsp3) is 0.519. The Morgan fingerprint density at radius 3 is 0.866 bits per heavy atom. The number of Topliss-reactive ketones (excluding diaryl/α,β-unsaturated/α-hetero) is 2. The zero-order valence-electron chi connectivity index (χ0n) is 81.7. The van der Waals surface area contributed by atoms with Crippen molar-refractivity contribution in [2.24, 2.45) is 33.7 Å². The Kier molecular flexibility index (Phi) is 32.4. The van der Waals surface area contributed by atoms with Gasteiger partial charge in [0.1, 0.15) is 24.2 Å². The number of carbonyl (C=O) groups excluding carboxylic acids is 10. The molecule has 6 aromatic carbocycles. The molecule has 0 unspecified atom stereocenters. The van der Waals surface area contributed by atoms with Gasteiger partial charge in [0.2, 0.25) is 23.6 Å². The molecule has 0 spiro atoms. The number of carbonyl (C=O) groups is 10.